The number of rotatable bonds is 6. The van der Waals surface area contributed by atoms with Crippen LogP contribution >= 0.6 is 0 Å². The summed E-state index contributed by atoms with van der Waals surface area (Å²) < 4.78 is 35.5. The first-order valence-corrected chi connectivity index (χ1v) is 24.7. The number of carbonyl (C=O) groups is 5. The summed E-state index contributed by atoms with van der Waals surface area (Å²) in [6.07, 6.45) is 5.73. The van der Waals surface area contributed by atoms with Gasteiger partial charge in [-0.1, -0.05) is 58.9 Å². The zero-order chi connectivity index (χ0) is 49.6. The van der Waals surface area contributed by atoms with Gasteiger partial charge in [-0.25, -0.2) is 4.79 Å². The van der Waals surface area contributed by atoms with E-state index in [1.165, 1.54) is 14.0 Å². The number of aliphatic hydroxyl groups is 4. The molecule has 5 rings (SSSR count). The number of nitrogens with zero attached hydrogens (tertiary/aromatic N) is 1. The van der Waals surface area contributed by atoms with Crippen LogP contribution in [0.2, 0.25) is 0 Å². The van der Waals surface area contributed by atoms with Crippen LogP contribution < -0.4 is 0 Å². The maximum Gasteiger partial charge on any atom is 0.329 e. The highest BCUT2D eigenvalue weighted by atomic mass is 16.6. The highest BCUT2D eigenvalue weighted by Crippen LogP contribution is 2.45. The lowest BCUT2D eigenvalue weighted by Crippen LogP contribution is -2.61. The minimum Gasteiger partial charge on any atom is -0.460 e. The summed E-state index contributed by atoms with van der Waals surface area (Å²) in [6, 6.07) is -1.18. The summed E-state index contributed by atoms with van der Waals surface area (Å²) in [5, 5.41) is 45.7. The van der Waals surface area contributed by atoms with Gasteiger partial charge in [-0.2, -0.15) is 0 Å². The summed E-state index contributed by atoms with van der Waals surface area (Å²) in [6.45, 7) is 12.2. The largest absolute Gasteiger partial charge is 0.460 e. The number of allylic oxidation sites excluding steroid dienone is 3. The number of piperidine rings is 1. The second-order valence-electron chi connectivity index (χ2n) is 21.2. The molecule has 1 saturated carbocycles. The van der Waals surface area contributed by atoms with E-state index in [9.17, 15) is 44.4 Å². The fraction of sp³-hybridized carbons (Fsp3) is 0.824. The molecule has 0 radical (unpaired) electrons. The third-order valence-electron chi connectivity index (χ3n) is 15.7. The van der Waals surface area contributed by atoms with Crippen LogP contribution in [0.3, 0.4) is 0 Å². The van der Waals surface area contributed by atoms with Gasteiger partial charge in [-0.3, -0.25) is 19.2 Å². The Kier molecular flexibility index (Phi) is 19.1. The Morgan fingerprint density at radius 2 is 1.52 bits per heavy atom. The number of epoxide rings is 1. The number of hydrogen-bond acceptors (Lipinski definition) is 15. The number of esters is 1. The molecule has 1 aliphatic carbocycles. The lowest BCUT2D eigenvalue weighted by Gasteiger charge is -2.43. The molecule has 4 aliphatic heterocycles. The molecule has 0 aromatic rings. The normalized spacial score (nSPS) is 44.2. The predicted molar refractivity (Wildman–Crippen MR) is 246 cm³/mol. The second-order valence-corrected chi connectivity index (χ2v) is 21.2. The topological polar surface area (TPSA) is 228 Å². The summed E-state index contributed by atoms with van der Waals surface area (Å²) in [5.74, 6) is -8.76. The number of cyclic esters (lactones) is 1. The van der Waals surface area contributed by atoms with Gasteiger partial charge in [0.15, 0.2) is 5.78 Å². The van der Waals surface area contributed by atoms with Crippen LogP contribution in [0.5, 0.6) is 0 Å². The smallest absolute Gasteiger partial charge is 0.329 e. The van der Waals surface area contributed by atoms with E-state index in [4.69, 9.17) is 28.4 Å². The third-order valence-corrected chi connectivity index (χ3v) is 15.7. The molecular formula is C51H81NO15. The minimum atomic E-state index is -2.47. The molecule has 16 nitrogen and oxygen atoms in total. The number of Topliss-reactive ketones (excluding diaryl/α,β-unsaturated/α-hetero) is 3. The molecule has 4 fully saturated rings. The Balaban J connectivity index is 1.46. The number of aliphatic hydroxyl groups excluding tert-OH is 2. The lowest BCUT2D eigenvalue weighted by atomic mass is 9.77. The number of ketones is 3. The van der Waals surface area contributed by atoms with E-state index < -0.39 is 101 Å². The molecule has 67 heavy (non-hydrogen) atoms. The van der Waals surface area contributed by atoms with Crippen molar-refractivity contribution in [3.05, 3.63) is 24.3 Å². The van der Waals surface area contributed by atoms with Crippen LogP contribution in [0.1, 0.15) is 132 Å². The monoisotopic (exact) mass is 948 g/mol. The number of amides is 1. The highest BCUT2D eigenvalue weighted by molar-refractivity contribution is 6.39. The number of hydrogen-bond donors (Lipinski definition) is 4. The van der Waals surface area contributed by atoms with Gasteiger partial charge in [0, 0.05) is 58.5 Å². The standard InChI is InChI=1S/C51H81NO15/c1-29-15-11-12-17-41-50(7,67-41)42(63-9)26-35-20-18-33(5)51(61,66-35)46(57)47(58)52-22-14-13-16-36(52)48(59)65-39(30(2)24-34-19-21-37(53)40(25-34)62-8)27-38(54)32(4)28-49(6,60)45(56)44(64-10)43(55)31(3)23-29/h11-12,15,17,29-37,39-42,44-45,53,56,60-61H,13-14,16,18-28H2,1-10H3/b15-11+,17-12+/t29-,30-,31-,32-,33-,34+,35+,36+,37-,39+,40-,41?,42+,44+,45+,49?,50?,51-/m1/s1. The lowest BCUT2D eigenvalue weighted by molar-refractivity contribution is -0.267. The van der Waals surface area contributed by atoms with Gasteiger partial charge in [-0.05, 0) is 102 Å². The van der Waals surface area contributed by atoms with Crippen molar-refractivity contribution in [3.8, 4) is 0 Å². The first-order valence-electron chi connectivity index (χ1n) is 24.7. The average Bonchev–Trinajstić information content (AvgIpc) is 3.96. The predicted octanol–water partition coefficient (Wildman–Crippen LogP) is 4.59. The van der Waals surface area contributed by atoms with E-state index in [1.807, 2.05) is 45.1 Å². The van der Waals surface area contributed by atoms with E-state index in [0.717, 1.165) is 4.90 Å². The van der Waals surface area contributed by atoms with Gasteiger partial charge in [0.25, 0.3) is 11.7 Å². The zero-order valence-electron chi connectivity index (χ0n) is 41.6. The Labute approximate surface area is 397 Å². The molecule has 2 bridgehead atoms. The van der Waals surface area contributed by atoms with Crippen LogP contribution in [-0.4, -0.2) is 154 Å². The number of ether oxygens (including phenoxy) is 6. The first-order chi connectivity index (χ1) is 31.5. The maximum absolute atomic E-state index is 14.4. The van der Waals surface area contributed by atoms with Crippen LogP contribution in [0.15, 0.2) is 24.3 Å². The molecule has 18 atom stereocenters. The molecule has 380 valence electrons. The molecule has 4 heterocycles. The van der Waals surface area contributed by atoms with E-state index in [-0.39, 0.29) is 67.8 Å². The van der Waals surface area contributed by atoms with E-state index in [2.05, 4.69) is 0 Å². The molecule has 4 N–H and O–H groups in total. The van der Waals surface area contributed by atoms with Gasteiger partial charge >= 0.3 is 5.97 Å². The van der Waals surface area contributed by atoms with Gasteiger partial charge < -0.3 is 53.7 Å². The molecule has 1 amide bonds. The maximum atomic E-state index is 14.4. The molecular weight excluding hydrogens is 867 g/mol. The second kappa shape index (κ2) is 23.3. The van der Waals surface area contributed by atoms with Crippen molar-refractivity contribution >= 4 is 29.2 Å². The van der Waals surface area contributed by atoms with Crippen LogP contribution in [0.25, 0.3) is 0 Å². The SMILES string of the molecule is CO[C@H]1C[C@@H]2CC[C@@H](C)[C@@](O)(O2)C(=O)C(=O)N2CCCC[C@H]2C(=O)O[C@H]([C@H](C)C[C@@H]2CC[C@@H](O)[C@H](OC)C2)CC(=O)[C@H](C)CC(C)(O)[C@@H](O)[C@@H](OC)C(=O)[C@H](C)C[C@H](C)/C=C/C=C/C2OC21C. The van der Waals surface area contributed by atoms with Crippen LogP contribution in [0.4, 0.5) is 0 Å². The highest BCUT2D eigenvalue weighted by Gasteiger charge is 2.59. The number of methoxy groups -OCH3 is 3. The first kappa shape index (κ1) is 55.0. The van der Waals surface area contributed by atoms with Crippen LogP contribution in [0, 0.1) is 35.5 Å². The Bertz CT molecular complexity index is 1780. The van der Waals surface area contributed by atoms with Gasteiger partial charge in [-0.15, -0.1) is 0 Å². The Morgan fingerprint density at radius 3 is 2.19 bits per heavy atom. The molecule has 5 aliphatic rings. The van der Waals surface area contributed by atoms with Gasteiger partial charge in [0.1, 0.15) is 41.8 Å². The molecule has 0 spiro atoms. The molecule has 3 unspecified atom stereocenters. The van der Waals surface area contributed by atoms with E-state index in [0.29, 0.717) is 57.8 Å². The third kappa shape index (κ3) is 13.1. The Morgan fingerprint density at radius 1 is 0.821 bits per heavy atom. The number of fused-ring (bicyclic) bond motifs is 4. The summed E-state index contributed by atoms with van der Waals surface area (Å²) in [7, 11) is 4.40. The van der Waals surface area contributed by atoms with Gasteiger partial charge in [0.05, 0.1) is 30.0 Å². The zero-order valence-corrected chi connectivity index (χ0v) is 41.6. The van der Waals surface area contributed by atoms with Gasteiger partial charge in [0.2, 0.25) is 5.79 Å². The fourth-order valence-electron chi connectivity index (χ4n) is 11.1. The molecule has 16 heteroatoms. The summed E-state index contributed by atoms with van der Waals surface area (Å²) in [5.41, 5.74) is -2.68. The van der Waals surface area contributed by atoms with Crippen molar-refractivity contribution < 1.29 is 72.8 Å². The van der Waals surface area contributed by atoms with Crippen molar-refractivity contribution in [2.75, 3.05) is 27.9 Å². The van der Waals surface area contributed by atoms with Crippen molar-refractivity contribution in [2.24, 2.45) is 35.5 Å². The average molecular weight is 948 g/mol. The molecule has 0 aromatic carbocycles. The van der Waals surface area contributed by atoms with Crippen molar-refractivity contribution in [2.45, 2.75) is 204 Å². The van der Waals surface area contributed by atoms with Crippen molar-refractivity contribution in [3.63, 3.8) is 0 Å². The van der Waals surface area contributed by atoms with Crippen molar-refractivity contribution in [1.82, 2.24) is 4.90 Å². The Hall–Kier alpha value is -2.93. The van der Waals surface area contributed by atoms with E-state index in [1.54, 1.807) is 35.0 Å². The quantitative estimate of drug-likeness (QED) is 0.162. The fourth-order valence-corrected chi connectivity index (χ4v) is 11.1. The molecule has 0 aromatic heterocycles. The van der Waals surface area contributed by atoms with E-state index >= 15 is 0 Å². The minimum absolute atomic E-state index is 0.0545. The van der Waals surface area contributed by atoms with Crippen molar-refractivity contribution in [1.29, 1.82) is 0 Å². The summed E-state index contributed by atoms with van der Waals surface area (Å²) >= 11 is 0. The number of carbonyl (C=O) groups excluding carboxylic acids is 5. The van der Waals surface area contributed by atoms with Crippen LogP contribution in [-0.2, 0) is 52.4 Å². The molecule has 3 saturated heterocycles. The summed E-state index contributed by atoms with van der Waals surface area (Å²) in [4.78, 5) is 72.1.